The van der Waals surface area contributed by atoms with Crippen molar-refractivity contribution >= 4 is 32.5 Å². The van der Waals surface area contributed by atoms with E-state index in [1.165, 1.54) is 33.4 Å². The van der Waals surface area contributed by atoms with Crippen LogP contribution in [-0.2, 0) is 10.0 Å². The van der Waals surface area contributed by atoms with Crippen LogP contribution in [0.5, 0.6) is 11.5 Å². The van der Waals surface area contributed by atoms with Crippen LogP contribution in [0.4, 0.5) is 5.82 Å². The van der Waals surface area contributed by atoms with Crippen molar-refractivity contribution in [2.75, 3.05) is 25.6 Å². The Kier molecular flexibility index (Phi) is 5.29. The van der Waals surface area contributed by atoms with Gasteiger partial charge in [0.05, 0.1) is 30.1 Å². The number of hydrogen-bond acceptors (Lipinski definition) is 7. The Balaban J connectivity index is 1.73. The fraction of sp³-hybridized carbons (Fsp3) is 0.125. The minimum atomic E-state index is -4.01. The molecule has 5 aromatic rings. The first-order chi connectivity index (χ1) is 16.5. The SMILES string of the molecule is COc1ccc(S(=O)(=O)N(C)c2nc3ccccc3n3c(-c4ccccc4)nnc23)cc1OC. The first-order valence-corrected chi connectivity index (χ1v) is 11.8. The minimum absolute atomic E-state index is 0.0311. The zero-order valence-corrected chi connectivity index (χ0v) is 19.5. The summed E-state index contributed by atoms with van der Waals surface area (Å²) in [5.41, 5.74) is 2.55. The zero-order chi connectivity index (χ0) is 23.9. The number of nitrogens with zero attached hydrogens (tertiary/aromatic N) is 5. The summed E-state index contributed by atoms with van der Waals surface area (Å²) in [6, 6.07) is 21.5. The van der Waals surface area contributed by atoms with Crippen molar-refractivity contribution in [3.63, 3.8) is 0 Å². The number of ether oxygens (including phenoxy) is 2. The van der Waals surface area contributed by atoms with Gasteiger partial charge in [-0.05, 0) is 24.3 Å². The highest BCUT2D eigenvalue weighted by Gasteiger charge is 2.28. The van der Waals surface area contributed by atoms with Gasteiger partial charge in [0.2, 0.25) is 5.65 Å². The molecule has 0 N–H and O–H groups in total. The van der Waals surface area contributed by atoms with Crippen LogP contribution in [0.3, 0.4) is 0 Å². The lowest BCUT2D eigenvalue weighted by Gasteiger charge is -2.20. The number of rotatable bonds is 6. The van der Waals surface area contributed by atoms with Gasteiger partial charge in [0.1, 0.15) is 0 Å². The highest BCUT2D eigenvalue weighted by molar-refractivity contribution is 7.92. The van der Waals surface area contributed by atoms with Crippen LogP contribution in [0.25, 0.3) is 28.1 Å². The summed E-state index contributed by atoms with van der Waals surface area (Å²) in [6.07, 6.45) is 0. The van der Waals surface area contributed by atoms with E-state index >= 15 is 0 Å². The molecule has 0 spiro atoms. The van der Waals surface area contributed by atoms with Crippen molar-refractivity contribution in [1.82, 2.24) is 19.6 Å². The molecule has 0 unspecified atom stereocenters. The second kappa shape index (κ2) is 8.31. The third kappa shape index (κ3) is 3.39. The fourth-order valence-electron chi connectivity index (χ4n) is 3.80. The Bertz CT molecular complexity index is 1620. The van der Waals surface area contributed by atoms with E-state index in [1.807, 2.05) is 59.0 Å². The lowest BCUT2D eigenvalue weighted by atomic mass is 10.2. The number of sulfonamides is 1. The number of hydrogen-bond donors (Lipinski definition) is 0. The molecule has 0 bridgehead atoms. The molecule has 0 radical (unpaired) electrons. The van der Waals surface area contributed by atoms with Crippen molar-refractivity contribution in [2.45, 2.75) is 4.90 Å². The smallest absolute Gasteiger partial charge is 0.265 e. The summed E-state index contributed by atoms with van der Waals surface area (Å²) in [4.78, 5) is 4.68. The van der Waals surface area contributed by atoms with Crippen LogP contribution >= 0.6 is 0 Å². The van der Waals surface area contributed by atoms with E-state index < -0.39 is 10.0 Å². The van der Waals surface area contributed by atoms with Gasteiger partial charge in [-0.15, -0.1) is 10.2 Å². The normalized spacial score (nSPS) is 11.6. The number of fused-ring (bicyclic) bond motifs is 3. The number of anilines is 1. The molecule has 0 saturated heterocycles. The summed E-state index contributed by atoms with van der Waals surface area (Å²) in [6.45, 7) is 0. The van der Waals surface area contributed by atoms with Gasteiger partial charge >= 0.3 is 0 Å². The summed E-state index contributed by atoms with van der Waals surface area (Å²) in [5, 5.41) is 8.71. The molecule has 172 valence electrons. The second-order valence-electron chi connectivity index (χ2n) is 7.46. The maximum atomic E-state index is 13.6. The molecule has 2 aromatic heterocycles. The molecule has 0 saturated carbocycles. The summed E-state index contributed by atoms with van der Waals surface area (Å²) in [7, 11) is 0.375. The maximum Gasteiger partial charge on any atom is 0.265 e. The van der Waals surface area contributed by atoms with Crippen LogP contribution in [0, 0.1) is 0 Å². The van der Waals surface area contributed by atoms with Crippen molar-refractivity contribution in [3.05, 3.63) is 72.8 Å². The van der Waals surface area contributed by atoms with Gasteiger partial charge in [-0.3, -0.25) is 4.40 Å². The molecule has 0 aliphatic heterocycles. The molecule has 0 aliphatic rings. The summed E-state index contributed by atoms with van der Waals surface area (Å²) < 4.78 is 40.6. The van der Waals surface area contributed by atoms with Gasteiger partial charge in [-0.25, -0.2) is 17.7 Å². The molecule has 0 aliphatic carbocycles. The number of aromatic nitrogens is 4. The van der Waals surface area contributed by atoms with Gasteiger partial charge in [0, 0.05) is 18.7 Å². The molecular formula is C24H21N5O4S. The third-order valence-corrected chi connectivity index (χ3v) is 7.30. The molecule has 0 atom stereocenters. The first kappa shape index (κ1) is 21.7. The van der Waals surface area contributed by atoms with Gasteiger partial charge in [0.15, 0.2) is 23.1 Å². The molecule has 5 rings (SSSR count). The number of benzene rings is 3. The summed E-state index contributed by atoms with van der Waals surface area (Å²) in [5.74, 6) is 1.48. The van der Waals surface area contributed by atoms with Gasteiger partial charge in [-0.2, -0.15) is 0 Å². The Hall–Kier alpha value is -4.18. The van der Waals surface area contributed by atoms with Crippen LogP contribution in [0.1, 0.15) is 0 Å². The van der Waals surface area contributed by atoms with Crippen LogP contribution in [-0.4, -0.2) is 49.3 Å². The number of para-hydroxylation sites is 2. The predicted molar refractivity (Wildman–Crippen MR) is 129 cm³/mol. The average Bonchev–Trinajstić information content (AvgIpc) is 3.33. The van der Waals surface area contributed by atoms with Crippen molar-refractivity contribution in [1.29, 1.82) is 0 Å². The van der Waals surface area contributed by atoms with E-state index in [2.05, 4.69) is 15.2 Å². The molecule has 0 fully saturated rings. The zero-order valence-electron chi connectivity index (χ0n) is 18.7. The lowest BCUT2D eigenvalue weighted by molar-refractivity contribution is 0.354. The van der Waals surface area contributed by atoms with Crippen molar-refractivity contribution < 1.29 is 17.9 Å². The second-order valence-corrected chi connectivity index (χ2v) is 9.43. The van der Waals surface area contributed by atoms with E-state index in [9.17, 15) is 8.42 Å². The minimum Gasteiger partial charge on any atom is -0.493 e. The molecule has 2 heterocycles. The van der Waals surface area contributed by atoms with Crippen molar-refractivity contribution in [2.24, 2.45) is 0 Å². The highest BCUT2D eigenvalue weighted by Crippen LogP contribution is 2.33. The molecule has 3 aromatic carbocycles. The summed E-state index contributed by atoms with van der Waals surface area (Å²) >= 11 is 0. The molecule has 9 nitrogen and oxygen atoms in total. The van der Waals surface area contributed by atoms with Gasteiger partial charge in [-0.1, -0.05) is 42.5 Å². The molecular weight excluding hydrogens is 454 g/mol. The highest BCUT2D eigenvalue weighted by atomic mass is 32.2. The maximum absolute atomic E-state index is 13.6. The molecule has 34 heavy (non-hydrogen) atoms. The van der Waals surface area contributed by atoms with Crippen LogP contribution < -0.4 is 13.8 Å². The van der Waals surface area contributed by atoms with Gasteiger partial charge in [0.25, 0.3) is 10.0 Å². The standard InChI is InChI=1S/C24H21N5O4S/c1-28(34(30,31)17-13-14-20(32-2)21(15-17)33-3)23-24-27-26-22(16-9-5-4-6-10-16)29(24)19-12-8-7-11-18(19)25-23/h4-15H,1-3H3. The molecule has 0 amide bonds. The molecule has 10 heteroatoms. The first-order valence-electron chi connectivity index (χ1n) is 10.4. The van der Waals surface area contributed by atoms with E-state index in [0.717, 1.165) is 15.4 Å². The Morgan fingerprint density at radius 3 is 2.29 bits per heavy atom. The van der Waals surface area contributed by atoms with Crippen LogP contribution in [0.15, 0.2) is 77.7 Å². The largest absolute Gasteiger partial charge is 0.493 e. The van der Waals surface area contributed by atoms with E-state index in [4.69, 9.17) is 9.47 Å². The average molecular weight is 476 g/mol. The van der Waals surface area contributed by atoms with Crippen molar-refractivity contribution in [3.8, 4) is 22.9 Å². The topological polar surface area (TPSA) is 98.9 Å². The van der Waals surface area contributed by atoms with E-state index in [0.29, 0.717) is 28.5 Å². The quantitative estimate of drug-likeness (QED) is 0.368. The lowest BCUT2D eigenvalue weighted by Crippen LogP contribution is -2.28. The third-order valence-electron chi connectivity index (χ3n) is 5.56. The van der Waals surface area contributed by atoms with Gasteiger partial charge < -0.3 is 9.47 Å². The van der Waals surface area contributed by atoms with Crippen LogP contribution in [0.2, 0.25) is 0 Å². The Morgan fingerprint density at radius 1 is 0.853 bits per heavy atom. The number of methoxy groups -OCH3 is 2. The Labute approximate surface area is 196 Å². The van der Waals surface area contributed by atoms with E-state index in [-0.39, 0.29) is 10.7 Å². The monoisotopic (exact) mass is 475 g/mol. The van der Waals surface area contributed by atoms with E-state index in [1.54, 1.807) is 6.07 Å². The Morgan fingerprint density at radius 2 is 1.56 bits per heavy atom. The fourth-order valence-corrected chi connectivity index (χ4v) is 4.97. The predicted octanol–water partition coefficient (Wildman–Crippen LogP) is 3.79.